The Kier molecular flexibility index (Phi) is 4.88. The molecule has 0 amide bonds. The lowest BCUT2D eigenvalue weighted by Gasteiger charge is -2.11. The van der Waals surface area contributed by atoms with Crippen molar-refractivity contribution in [3.63, 3.8) is 0 Å². The van der Waals surface area contributed by atoms with Gasteiger partial charge in [0.15, 0.2) is 0 Å². The number of hydrogen-bond acceptors (Lipinski definition) is 4. The number of carbonyl (C=O) groups is 4. The van der Waals surface area contributed by atoms with Gasteiger partial charge in [-0.2, -0.15) is 0 Å². The number of aromatic carboxylic acids is 4. The normalized spacial score (nSPS) is 10.2. The summed E-state index contributed by atoms with van der Waals surface area (Å²) in [5.74, 6) is -5.69. The molecule has 0 aromatic heterocycles. The maximum Gasteiger partial charge on any atom is 0.336 e. The van der Waals surface area contributed by atoms with Crippen LogP contribution >= 0.6 is 0 Å². The van der Waals surface area contributed by atoms with Gasteiger partial charge in [-0.25, -0.2) is 19.2 Å². The quantitative estimate of drug-likeness (QED) is 0.617. The van der Waals surface area contributed by atoms with Crippen LogP contribution in [0.15, 0.2) is 43.0 Å². The molecule has 8 heteroatoms. The minimum atomic E-state index is -1.44. The van der Waals surface area contributed by atoms with E-state index in [4.69, 9.17) is 20.4 Å². The summed E-state index contributed by atoms with van der Waals surface area (Å²) >= 11 is 0. The van der Waals surface area contributed by atoms with E-state index in [0.717, 1.165) is 24.3 Å². The molecule has 0 saturated heterocycles. The molecule has 0 heterocycles. The number of rotatable bonds is 6. The van der Waals surface area contributed by atoms with Crippen LogP contribution in [0.5, 0.6) is 0 Å². The summed E-state index contributed by atoms with van der Waals surface area (Å²) in [5, 5.41) is 36.4. The van der Waals surface area contributed by atoms with Crippen LogP contribution in [0.2, 0.25) is 0 Å². The van der Waals surface area contributed by atoms with Crippen LogP contribution in [-0.4, -0.2) is 44.3 Å². The largest absolute Gasteiger partial charge is 0.478 e. The number of benzene rings is 2. The van der Waals surface area contributed by atoms with Gasteiger partial charge in [0.25, 0.3) is 0 Å². The molecule has 0 aliphatic heterocycles. The summed E-state index contributed by atoms with van der Waals surface area (Å²) < 4.78 is 0. The van der Waals surface area contributed by atoms with Crippen LogP contribution in [0, 0.1) is 0 Å². The summed E-state index contributed by atoms with van der Waals surface area (Å²) in [6.07, 6.45) is 0. The molecule has 4 N–H and O–H groups in total. The molecule has 0 aliphatic carbocycles. The molecule has 2 rings (SSSR count). The second-order valence-electron chi connectivity index (χ2n) is 5.22. The van der Waals surface area contributed by atoms with Gasteiger partial charge in [0.05, 0.1) is 22.3 Å². The number of carboxylic acids is 4. The molecule has 0 bridgehead atoms. The van der Waals surface area contributed by atoms with Gasteiger partial charge in [0.2, 0.25) is 0 Å². The molecule has 0 spiro atoms. The summed E-state index contributed by atoms with van der Waals surface area (Å²) in [4.78, 5) is 44.7. The van der Waals surface area contributed by atoms with Crippen molar-refractivity contribution in [2.75, 3.05) is 0 Å². The molecule has 2 aromatic carbocycles. The van der Waals surface area contributed by atoms with Crippen LogP contribution in [-0.2, 0) is 0 Å². The molecule has 132 valence electrons. The molecular formula is C18H12O8. The maximum absolute atomic E-state index is 11.3. The second-order valence-corrected chi connectivity index (χ2v) is 5.22. The zero-order valence-electron chi connectivity index (χ0n) is 13.1. The Morgan fingerprint density at radius 3 is 1.15 bits per heavy atom. The van der Waals surface area contributed by atoms with Crippen LogP contribution in [0.3, 0.4) is 0 Å². The first-order chi connectivity index (χ1) is 12.1. The highest BCUT2D eigenvalue weighted by Crippen LogP contribution is 2.26. The lowest BCUT2D eigenvalue weighted by Crippen LogP contribution is -2.09. The second kappa shape index (κ2) is 6.89. The fraction of sp³-hybridized carbons (Fsp3) is 0. The van der Waals surface area contributed by atoms with Crippen LogP contribution in [0.25, 0.3) is 5.57 Å². The molecule has 8 nitrogen and oxygen atoms in total. The fourth-order valence-corrected chi connectivity index (χ4v) is 2.36. The summed E-state index contributed by atoms with van der Waals surface area (Å²) in [6.45, 7) is 3.76. The first-order valence-corrected chi connectivity index (χ1v) is 7.04. The van der Waals surface area contributed by atoms with E-state index in [2.05, 4.69) is 6.58 Å². The summed E-state index contributed by atoms with van der Waals surface area (Å²) in [6, 6.07) is 7.11. The molecule has 2 aromatic rings. The standard InChI is InChI=1S/C18H12O8/c1-8(9-2-4-11(15(19)20)13(6-9)17(23)24)10-3-5-12(16(21)22)14(7-10)18(25)26/h2-7H,1H2,(H,19,20)(H,21,22)(H,23,24)(H,25,26). The third kappa shape index (κ3) is 3.44. The SMILES string of the molecule is C=C(c1ccc(C(=O)O)c(C(=O)O)c1)c1ccc(C(=O)O)c(C(=O)O)c1. The monoisotopic (exact) mass is 356 g/mol. The van der Waals surface area contributed by atoms with Gasteiger partial charge in [-0.05, 0) is 41.0 Å². The third-order valence-corrected chi connectivity index (χ3v) is 3.66. The molecule has 26 heavy (non-hydrogen) atoms. The zero-order valence-corrected chi connectivity index (χ0v) is 13.1. The van der Waals surface area contributed by atoms with Crippen molar-refractivity contribution in [3.8, 4) is 0 Å². The van der Waals surface area contributed by atoms with Crippen LogP contribution in [0.1, 0.15) is 52.6 Å². The molecule has 0 atom stereocenters. The summed E-state index contributed by atoms with van der Waals surface area (Å²) in [7, 11) is 0. The van der Waals surface area contributed by atoms with Crippen molar-refractivity contribution in [2.45, 2.75) is 0 Å². The highest BCUT2D eigenvalue weighted by Gasteiger charge is 2.20. The average Bonchev–Trinajstić information content (AvgIpc) is 2.59. The van der Waals surface area contributed by atoms with Gasteiger partial charge >= 0.3 is 23.9 Å². The van der Waals surface area contributed by atoms with Crippen molar-refractivity contribution in [3.05, 3.63) is 76.4 Å². The van der Waals surface area contributed by atoms with Crippen LogP contribution < -0.4 is 0 Å². The van der Waals surface area contributed by atoms with E-state index in [-0.39, 0.29) is 16.7 Å². The van der Waals surface area contributed by atoms with Crippen molar-refractivity contribution in [1.82, 2.24) is 0 Å². The third-order valence-electron chi connectivity index (χ3n) is 3.66. The molecule has 0 aliphatic rings. The highest BCUT2D eigenvalue weighted by molar-refractivity contribution is 6.04. The maximum atomic E-state index is 11.3. The Morgan fingerprint density at radius 1 is 0.577 bits per heavy atom. The van der Waals surface area contributed by atoms with E-state index in [9.17, 15) is 19.2 Å². The van der Waals surface area contributed by atoms with E-state index in [1.165, 1.54) is 12.1 Å². The first-order valence-electron chi connectivity index (χ1n) is 7.04. The first kappa shape index (κ1) is 18.4. The van der Waals surface area contributed by atoms with Crippen molar-refractivity contribution < 1.29 is 39.6 Å². The Labute approximate surface area is 146 Å². The molecule has 0 fully saturated rings. The fourth-order valence-electron chi connectivity index (χ4n) is 2.36. The van der Waals surface area contributed by atoms with Crippen LogP contribution in [0.4, 0.5) is 0 Å². The smallest absolute Gasteiger partial charge is 0.336 e. The Bertz CT molecular complexity index is 894. The van der Waals surface area contributed by atoms with Gasteiger partial charge in [-0.15, -0.1) is 0 Å². The molecular weight excluding hydrogens is 344 g/mol. The van der Waals surface area contributed by atoms with E-state index in [1.54, 1.807) is 0 Å². The summed E-state index contributed by atoms with van der Waals surface area (Å²) in [5.41, 5.74) is -0.973. The van der Waals surface area contributed by atoms with Gasteiger partial charge in [-0.1, -0.05) is 18.7 Å². The van der Waals surface area contributed by atoms with Gasteiger partial charge in [0.1, 0.15) is 0 Å². The zero-order chi connectivity index (χ0) is 19.6. The van der Waals surface area contributed by atoms with Gasteiger partial charge < -0.3 is 20.4 Å². The minimum absolute atomic E-state index is 0.212. The molecule has 0 unspecified atom stereocenters. The molecule has 0 radical (unpaired) electrons. The lowest BCUT2D eigenvalue weighted by atomic mass is 9.93. The van der Waals surface area contributed by atoms with E-state index in [0.29, 0.717) is 0 Å². The van der Waals surface area contributed by atoms with E-state index < -0.39 is 46.1 Å². The van der Waals surface area contributed by atoms with Gasteiger partial charge in [0, 0.05) is 0 Å². The topological polar surface area (TPSA) is 149 Å². The highest BCUT2D eigenvalue weighted by atomic mass is 16.4. The minimum Gasteiger partial charge on any atom is -0.478 e. The van der Waals surface area contributed by atoms with E-state index >= 15 is 0 Å². The Hall–Kier alpha value is -3.94. The molecule has 0 saturated carbocycles. The predicted molar refractivity (Wildman–Crippen MR) is 88.9 cm³/mol. The van der Waals surface area contributed by atoms with E-state index in [1.807, 2.05) is 0 Å². The Balaban J connectivity index is 2.56. The Morgan fingerprint density at radius 2 is 0.885 bits per heavy atom. The number of carboxylic acid groups (broad SMARTS) is 4. The van der Waals surface area contributed by atoms with Crippen molar-refractivity contribution in [1.29, 1.82) is 0 Å². The number of hydrogen-bond donors (Lipinski definition) is 4. The van der Waals surface area contributed by atoms with Gasteiger partial charge in [-0.3, -0.25) is 0 Å². The van der Waals surface area contributed by atoms with Crippen molar-refractivity contribution >= 4 is 29.5 Å². The lowest BCUT2D eigenvalue weighted by molar-refractivity contribution is 0.0651. The van der Waals surface area contributed by atoms with Crippen molar-refractivity contribution in [2.24, 2.45) is 0 Å². The average molecular weight is 356 g/mol. The predicted octanol–water partition coefficient (Wildman–Crippen LogP) is 2.54.